The molecule has 0 N–H and O–H groups in total. The number of carbonyl (C=O) groups excluding carboxylic acids is 1. The van der Waals surface area contributed by atoms with Gasteiger partial charge in [0.25, 0.3) is 0 Å². The lowest BCUT2D eigenvalue weighted by Crippen LogP contribution is -2.01. The van der Waals surface area contributed by atoms with Crippen LogP contribution in [-0.4, -0.2) is 13.4 Å². The highest BCUT2D eigenvalue weighted by molar-refractivity contribution is 5.54. The average Bonchev–Trinajstić information content (AvgIpc) is 2.46. The third-order valence-electron chi connectivity index (χ3n) is 3.05. The van der Waals surface area contributed by atoms with Crippen molar-refractivity contribution in [1.29, 1.82) is 0 Å². The van der Waals surface area contributed by atoms with Gasteiger partial charge in [0.15, 0.2) is 0 Å². The maximum absolute atomic E-state index is 10.9. The summed E-state index contributed by atoms with van der Waals surface area (Å²) in [5, 5.41) is 0. The van der Waals surface area contributed by atoms with Crippen molar-refractivity contribution in [3.8, 4) is 5.75 Å². The minimum absolute atomic E-state index is 0.120. The van der Waals surface area contributed by atoms with Gasteiger partial charge in [-0.3, -0.25) is 0 Å². The molecule has 0 radical (unpaired) electrons. The molecule has 2 aromatic rings. The third-order valence-corrected chi connectivity index (χ3v) is 3.05. The predicted octanol–water partition coefficient (Wildman–Crippen LogP) is 3.42. The number of methoxy groups -OCH3 is 1. The van der Waals surface area contributed by atoms with Crippen molar-refractivity contribution in [2.45, 2.75) is 12.3 Å². The lowest BCUT2D eigenvalue weighted by Gasteiger charge is -2.15. The summed E-state index contributed by atoms with van der Waals surface area (Å²) in [6, 6.07) is 18.0. The van der Waals surface area contributed by atoms with Gasteiger partial charge >= 0.3 is 0 Å². The summed E-state index contributed by atoms with van der Waals surface area (Å²) in [6.45, 7) is 0. The van der Waals surface area contributed by atoms with Crippen molar-refractivity contribution in [2.75, 3.05) is 7.11 Å². The molecule has 0 heterocycles. The second-order valence-electron chi connectivity index (χ2n) is 4.14. The number of ether oxygens (including phenoxy) is 1. The highest BCUT2D eigenvalue weighted by Gasteiger charge is 2.13. The number of hydrogen-bond acceptors (Lipinski definition) is 2. The fraction of sp³-hybridized carbons (Fsp3) is 0.188. The van der Waals surface area contributed by atoms with Gasteiger partial charge in [-0.05, 0) is 23.3 Å². The van der Waals surface area contributed by atoms with Crippen molar-refractivity contribution in [2.24, 2.45) is 0 Å². The van der Waals surface area contributed by atoms with Gasteiger partial charge in [-0.2, -0.15) is 0 Å². The molecule has 2 aromatic carbocycles. The molecule has 0 spiro atoms. The molecule has 2 heteroatoms. The Balaban J connectivity index is 2.32. The Hall–Kier alpha value is -2.09. The number of rotatable bonds is 5. The van der Waals surface area contributed by atoms with Crippen LogP contribution >= 0.6 is 0 Å². The number of benzene rings is 2. The summed E-state index contributed by atoms with van der Waals surface area (Å²) < 4.78 is 5.15. The molecule has 0 amide bonds. The van der Waals surface area contributed by atoms with Crippen LogP contribution < -0.4 is 4.74 Å². The maximum Gasteiger partial charge on any atom is 0.120 e. The van der Waals surface area contributed by atoms with E-state index >= 15 is 0 Å². The van der Waals surface area contributed by atoms with Gasteiger partial charge in [0, 0.05) is 12.3 Å². The van der Waals surface area contributed by atoms with Crippen LogP contribution in [0.4, 0.5) is 0 Å². The molecule has 0 saturated carbocycles. The van der Waals surface area contributed by atoms with E-state index in [1.807, 2.05) is 42.5 Å². The monoisotopic (exact) mass is 240 g/mol. The van der Waals surface area contributed by atoms with Crippen molar-refractivity contribution in [1.82, 2.24) is 0 Å². The van der Waals surface area contributed by atoms with Crippen LogP contribution in [0.5, 0.6) is 5.75 Å². The molecule has 0 aliphatic rings. The smallest absolute Gasteiger partial charge is 0.120 e. The molecule has 0 bridgehead atoms. The van der Waals surface area contributed by atoms with Gasteiger partial charge in [-0.15, -0.1) is 0 Å². The molecule has 0 fully saturated rings. The summed E-state index contributed by atoms with van der Waals surface area (Å²) in [7, 11) is 1.65. The largest absolute Gasteiger partial charge is 0.497 e. The molecular weight excluding hydrogens is 224 g/mol. The molecule has 0 saturated heterocycles. The van der Waals surface area contributed by atoms with Crippen LogP contribution in [0.1, 0.15) is 23.5 Å². The van der Waals surface area contributed by atoms with Crippen molar-refractivity contribution < 1.29 is 9.53 Å². The van der Waals surface area contributed by atoms with Gasteiger partial charge in [-0.25, -0.2) is 0 Å². The second-order valence-corrected chi connectivity index (χ2v) is 4.14. The number of aldehydes is 1. The molecule has 0 aliphatic carbocycles. The summed E-state index contributed by atoms with van der Waals surface area (Å²) >= 11 is 0. The second kappa shape index (κ2) is 6.01. The van der Waals surface area contributed by atoms with Gasteiger partial charge in [0.1, 0.15) is 12.0 Å². The Morgan fingerprint density at radius 2 is 1.61 bits per heavy atom. The van der Waals surface area contributed by atoms with Crippen LogP contribution in [0.2, 0.25) is 0 Å². The van der Waals surface area contributed by atoms with E-state index in [4.69, 9.17) is 4.74 Å². The lowest BCUT2D eigenvalue weighted by molar-refractivity contribution is -0.108. The SMILES string of the molecule is COc1ccc(C(CC=O)c2ccccc2)cc1. The zero-order chi connectivity index (χ0) is 12.8. The van der Waals surface area contributed by atoms with E-state index in [1.54, 1.807) is 7.11 Å². The van der Waals surface area contributed by atoms with Gasteiger partial charge in [0.2, 0.25) is 0 Å². The first-order valence-electron chi connectivity index (χ1n) is 5.97. The summed E-state index contributed by atoms with van der Waals surface area (Å²) in [6.07, 6.45) is 1.47. The van der Waals surface area contributed by atoms with Gasteiger partial charge in [0.05, 0.1) is 7.11 Å². The van der Waals surface area contributed by atoms with E-state index in [0.717, 1.165) is 23.2 Å². The number of carbonyl (C=O) groups is 1. The molecule has 2 rings (SSSR count). The summed E-state index contributed by atoms with van der Waals surface area (Å²) in [5.41, 5.74) is 2.30. The predicted molar refractivity (Wildman–Crippen MR) is 72.0 cm³/mol. The van der Waals surface area contributed by atoms with E-state index in [1.165, 1.54) is 0 Å². The standard InChI is InChI=1S/C16H16O2/c1-18-15-9-7-14(8-10-15)16(11-12-17)13-5-3-2-4-6-13/h2-10,12,16H,11H2,1H3. The maximum atomic E-state index is 10.9. The van der Waals surface area contributed by atoms with Crippen molar-refractivity contribution in [3.05, 3.63) is 65.7 Å². The molecule has 1 unspecified atom stereocenters. The Morgan fingerprint density at radius 1 is 1.00 bits per heavy atom. The lowest BCUT2D eigenvalue weighted by atomic mass is 9.89. The molecule has 0 aliphatic heterocycles. The van der Waals surface area contributed by atoms with E-state index in [9.17, 15) is 4.79 Å². The Kier molecular flexibility index (Phi) is 4.13. The average molecular weight is 240 g/mol. The molecule has 1 atom stereocenters. The zero-order valence-corrected chi connectivity index (χ0v) is 10.4. The quantitative estimate of drug-likeness (QED) is 0.748. The van der Waals surface area contributed by atoms with E-state index in [2.05, 4.69) is 12.1 Å². The van der Waals surface area contributed by atoms with Crippen LogP contribution in [0.25, 0.3) is 0 Å². The van der Waals surface area contributed by atoms with E-state index in [-0.39, 0.29) is 5.92 Å². The van der Waals surface area contributed by atoms with Crippen LogP contribution in [-0.2, 0) is 4.79 Å². The van der Waals surface area contributed by atoms with E-state index in [0.29, 0.717) is 6.42 Å². The Bertz CT molecular complexity index is 488. The van der Waals surface area contributed by atoms with Crippen LogP contribution in [0.3, 0.4) is 0 Å². The summed E-state index contributed by atoms with van der Waals surface area (Å²) in [5.74, 6) is 0.950. The summed E-state index contributed by atoms with van der Waals surface area (Å²) in [4.78, 5) is 10.9. The highest BCUT2D eigenvalue weighted by atomic mass is 16.5. The Labute approximate surface area is 107 Å². The molecule has 2 nitrogen and oxygen atoms in total. The zero-order valence-electron chi connectivity index (χ0n) is 10.4. The van der Waals surface area contributed by atoms with Crippen molar-refractivity contribution in [3.63, 3.8) is 0 Å². The van der Waals surface area contributed by atoms with E-state index < -0.39 is 0 Å². The molecule has 0 aromatic heterocycles. The minimum atomic E-state index is 0.120. The Morgan fingerprint density at radius 3 is 2.17 bits per heavy atom. The first-order chi connectivity index (χ1) is 8.85. The normalized spacial score (nSPS) is 11.8. The highest BCUT2D eigenvalue weighted by Crippen LogP contribution is 2.28. The first-order valence-corrected chi connectivity index (χ1v) is 5.97. The van der Waals surface area contributed by atoms with Crippen LogP contribution in [0.15, 0.2) is 54.6 Å². The van der Waals surface area contributed by atoms with Gasteiger partial charge in [-0.1, -0.05) is 42.5 Å². The third kappa shape index (κ3) is 2.77. The topological polar surface area (TPSA) is 26.3 Å². The molecule has 92 valence electrons. The first kappa shape index (κ1) is 12.4. The minimum Gasteiger partial charge on any atom is -0.497 e. The van der Waals surface area contributed by atoms with Crippen LogP contribution in [0, 0.1) is 0 Å². The fourth-order valence-electron chi connectivity index (χ4n) is 2.08. The molecular formula is C16H16O2. The van der Waals surface area contributed by atoms with Crippen molar-refractivity contribution >= 4 is 6.29 Å². The number of hydrogen-bond donors (Lipinski definition) is 0. The molecule has 18 heavy (non-hydrogen) atoms. The van der Waals surface area contributed by atoms with Gasteiger partial charge < -0.3 is 9.53 Å². The fourth-order valence-corrected chi connectivity index (χ4v) is 2.08.